The second-order valence-corrected chi connectivity index (χ2v) is 8.25. The molecule has 10 heteroatoms. The molecule has 32 heavy (non-hydrogen) atoms. The highest BCUT2D eigenvalue weighted by molar-refractivity contribution is 5.83. The van der Waals surface area contributed by atoms with E-state index in [0.29, 0.717) is 35.8 Å². The third kappa shape index (κ3) is 3.66. The first-order valence-corrected chi connectivity index (χ1v) is 10.8. The Bertz CT molecular complexity index is 1120. The Hall–Kier alpha value is -3.53. The predicted octanol–water partition coefficient (Wildman–Crippen LogP) is 1.31. The fourth-order valence-electron chi connectivity index (χ4n) is 4.50. The Kier molecular flexibility index (Phi) is 5.22. The number of piperidine rings is 1. The van der Waals surface area contributed by atoms with E-state index in [1.807, 2.05) is 38.2 Å². The molecule has 1 aromatic carbocycles. The Balaban J connectivity index is 1.32. The monoisotopic (exact) mass is 434 g/mol. The van der Waals surface area contributed by atoms with Gasteiger partial charge in [0.15, 0.2) is 11.5 Å². The van der Waals surface area contributed by atoms with Gasteiger partial charge in [0.1, 0.15) is 5.82 Å². The highest BCUT2D eigenvalue weighted by Gasteiger charge is 2.59. The van der Waals surface area contributed by atoms with Crippen molar-refractivity contribution in [2.75, 3.05) is 37.3 Å². The van der Waals surface area contributed by atoms with Crippen molar-refractivity contribution in [3.8, 4) is 23.0 Å². The van der Waals surface area contributed by atoms with Crippen molar-refractivity contribution in [1.82, 2.24) is 30.8 Å². The summed E-state index contributed by atoms with van der Waals surface area (Å²) in [6.07, 6.45) is 1.66. The molecule has 2 fully saturated rings. The maximum Gasteiger partial charge on any atom is 0.270 e. The predicted molar refractivity (Wildman–Crippen MR) is 119 cm³/mol. The summed E-state index contributed by atoms with van der Waals surface area (Å²) in [5.41, 5.74) is 8.43. The topological polar surface area (TPSA) is 135 Å². The van der Waals surface area contributed by atoms with Gasteiger partial charge in [-0.2, -0.15) is 0 Å². The molecule has 0 spiro atoms. The van der Waals surface area contributed by atoms with Crippen LogP contribution in [0, 0.1) is 17.8 Å². The van der Waals surface area contributed by atoms with Crippen molar-refractivity contribution >= 4 is 17.5 Å². The molecule has 1 aliphatic heterocycles. The van der Waals surface area contributed by atoms with Crippen LogP contribution < -0.4 is 21.3 Å². The number of aromatic nitrogens is 4. The normalized spacial score (nSPS) is 21.4. The number of nitrogens with zero attached hydrogens (tertiary/aromatic N) is 5. The molecule has 1 amide bonds. The van der Waals surface area contributed by atoms with Crippen molar-refractivity contribution in [1.29, 1.82) is 0 Å². The third-order valence-electron chi connectivity index (χ3n) is 6.17. The standard InChI is InChI=1S/C22H26N8O2/c1-3-25-20(31)17-14-10-30(11-15(14)17)16-9-26-19(23)18(27-16)22-29-28-21(32-22)13-6-4-12(5-7-13)8-24-2/h4-7,9,14-15,17,24H,3,8,10-11H2,1-2H3,(H2,23,26)(H,25,31)/t14-,15?,17?/m1/s1. The summed E-state index contributed by atoms with van der Waals surface area (Å²) >= 11 is 0. The molecule has 0 radical (unpaired) electrons. The highest BCUT2D eigenvalue weighted by atomic mass is 16.4. The van der Waals surface area contributed by atoms with Crippen molar-refractivity contribution in [2.24, 2.45) is 17.8 Å². The second kappa shape index (κ2) is 8.19. The summed E-state index contributed by atoms with van der Waals surface area (Å²) in [4.78, 5) is 23.2. The molecule has 5 rings (SSSR count). The fraction of sp³-hybridized carbons (Fsp3) is 0.409. The largest absolute Gasteiger partial charge is 0.414 e. The third-order valence-corrected chi connectivity index (χ3v) is 6.17. The average Bonchev–Trinajstić information content (AvgIpc) is 3.13. The zero-order valence-corrected chi connectivity index (χ0v) is 18.1. The van der Waals surface area contributed by atoms with Gasteiger partial charge in [-0.15, -0.1) is 10.2 Å². The van der Waals surface area contributed by atoms with Crippen LogP contribution in [0.2, 0.25) is 0 Å². The van der Waals surface area contributed by atoms with Crippen molar-refractivity contribution in [2.45, 2.75) is 13.5 Å². The zero-order valence-electron chi connectivity index (χ0n) is 18.1. The van der Waals surface area contributed by atoms with E-state index in [0.717, 1.165) is 30.8 Å². The molecule has 2 aromatic heterocycles. The lowest BCUT2D eigenvalue weighted by Crippen LogP contribution is -2.32. The van der Waals surface area contributed by atoms with Crippen LogP contribution in [-0.2, 0) is 11.3 Å². The maximum atomic E-state index is 12.1. The minimum atomic E-state index is 0.116. The van der Waals surface area contributed by atoms with E-state index >= 15 is 0 Å². The summed E-state index contributed by atoms with van der Waals surface area (Å²) in [5, 5.41) is 14.3. The maximum absolute atomic E-state index is 12.1. The van der Waals surface area contributed by atoms with Gasteiger partial charge in [-0.3, -0.25) is 4.79 Å². The Morgan fingerprint density at radius 1 is 1.19 bits per heavy atom. The van der Waals surface area contributed by atoms with Gasteiger partial charge in [0.05, 0.1) is 6.20 Å². The van der Waals surface area contributed by atoms with E-state index in [-0.39, 0.29) is 23.5 Å². The SMILES string of the molecule is CCNC(=O)C1C2CN(c3cnc(N)c(-c4nnc(-c5ccc(CNC)cc5)o4)n3)C[C@H]21. The van der Waals surface area contributed by atoms with Gasteiger partial charge in [-0.1, -0.05) is 12.1 Å². The van der Waals surface area contributed by atoms with Crippen LogP contribution in [0.15, 0.2) is 34.9 Å². The Labute approximate surface area is 185 Å². The minimum absolute atomic E-state index is 0.116. The van der Waals surface area contributed by atoms with Crippen molar-refractivity contribution in [3.05, 3.63) is 36.0 Å². The molecule has 1 saturated carbocycles. The van der Waals surface area contributed by atoms with Gasteiger partial charge < -0.3 is 25.7 Å². The van der Waals surface area contributed by atoms with Crippen molar-refractivity contribution in [3.63, 3.8) is 0 Å². The first kappa shape index (κ1) is 20.4. The number of hydrogen-bond acceptors (Lipinski definition) is 9. The van der Waals surface area contributed by atoms with Crippen molar-refractivity contribution < 1.29 is 9.21 Å². The quantitative estimate of drug-likeness (QED) is 0.503. The molecule has 2 unspecified atom stereocenters. The van der Waals surface area contributed by atoms with Gasteiger partial charge >= 0.3 is 0 Å². The van der Waals surface area contributed by atoms with Gasteiger partial charge in [-0.25, -0.2) is 9.97 Å². The summed E-state index contributed by atoms with van der Waals surface area (Å²) in [6, 6.07) is 7.91. The number of anilines is 2. The van der Waals surface area contributed by atoms with E-state index < -0.39 is 0 Å². The van der Waals surface area contributed by atoms with Crippen LogP contribution in [0.5, 0.6) is 0 Å². The number of carbonyl (C=O) groups is 1. The van der Waals surface area contributed by atoms with E-state index in [1.165, 1.54) is 0 Å². The van der Waals surface area contributed by atoms with Crippen LogP contribution in [0.3, 0.4) is 0 Å². The number of hydrogen-bond donors (Lipinski definition) is 3. The van der Waals surface area contributed by atoms with Crippen LogP contribution in [0.25, 0.3) is 23.0 Å². The van der Waals surface area contributed by atoms with E-state index in [4.69, 9.17) is 10.2 Å². The number of carbonyl (C=O) groups excluding carboxylic acids is 1. The van der Waals surface area contributed by atoms with Crippen LogP contribution >= 0.6 is 0 Å². The molecule has 1 aliphatic carbocycles. The number of benzene rings is 1. The number of fused-ring (bicyclic) bond motifs is 1. The van der Waals surface area contributed by atoms with Gasteiger partial charge in [0.2, 0.25) is 11.8 Å². The lowest BCUT2D eigenvalue weighted by atomic mass is 10.1. The number of nitrogen functional groups attached to an aromatic ring is 1. The highest BCUT2D eigenvalue weighted by Crippen LogP contribution is 2.52. The lowest BCUT2D eigenvalue weighted by Gasteiger charge is -2.20. The molecule has 3 heterocycles. The summed E-state index contributed by atoms with van der Waals surface area (Å²) in [6.45, 7) is 4.95. The molecule has 2 aliphatic rings. The number of rotatable bonds is 7. The van der Waals surface area contributed by atoms with Gasteiger partial charge in [0, 0.05) is 37.7 Å². The second-order valence-electron chi connectivity index (χ2n) is 8.25. The van der Waals surface area contributed by atoms with Gasteiger partial charge in [0.25, 0.3) is 5.89 Å². The average molecular weight is 435 g/mol. The van der Waals surface area contributed by atoms with E-state index in [2.05, 4.69) is 35.7 Å². The van der Waals surface area contributed by atoms with Crippen LogP contribution in [0.4, 0.5) is 11.6 Å². The summed E-state index contributed by atoms with van der Waals surface area (Å²) < 4.78 is 5.87. The smallest absolute Gasteiger partial charge is 0.270 e. The first-order valence-electron chi connectivity index (χ1n) is 10.8. The molecular weight excluding hydrogens is 408 g/mol. The first-order chi connectivity index (χ1) is 15.6. The molecule has 3 aromatic rings. The molecular formula is C22H26N8O2. The van der Waals surface area contributed by atoms with E-state index in [1.54, 1.807) is 6.20 Å². The molecule has 4 N–H and O–H groups in total. The lowest BCUT2D eigenvalue weighted by molar-refractivity contribution is -0.122. The van der Waals surface area contributed by atoms with Crippen LogP contribution in [0.1, 0.15) is 12.5 Å². The fourth-order valence-corrected chi connectivity index (χ4v) is 4.50. The molecule has 1 saturated heterocycles. The zero-order chi connectivity index (χ0) is 22.2. The van der Waals surface area contributed by atoms with Gasteiger partial charge in [-0.05, 0) is 43.5 Å². The number of amides is 1. The number of nitrogens with one attached hydrogen (secondary N) is 2. The Morgan fingerprint density at radius 3 is 2.59 bits per heavy atom. The molecule has 10 nitrogen and oxygen atoms in total. The van der Waals surface area contributed by atoms with Crippen LogP contribution in [-0.4, -0.2) is 52.8 Å². The molecule has 166 valence electrons. The molecule has 3 atom stereocenters. The van der Waals surface area contributed by atoms with E-state index in [9.17, 15) is 4.79 Å². The summed E-state index contributed by atoms with van der Waals surface area (Å²) in [7, 11) is 1.91. The molecule has 0 bridgehead atoms. The minimum Gasteiger partial charge on any atom is -0.414 e. The Morgan fingerprint density at radius 2 is 1.91 bits per heavy atom. The number of nitrogens with two attached hydrogens (primary N) is 1. The summed E-state index contributed by atoms with van der Waals surface area (Å²) in [5.74, 6) is 2.57.